The van der Waals surface area contributed by atoms with Gasteiger partial charge in [0.05, 0.1) is 12.8 Å². The molecule has 0 fully saturated rings. The molecule has 6 heteroatoms. The van der Waals surface area contributed by atoms with E-state index in [1.807, 2.05) is 23.9 Å². The van der Waals surface area contributed by atoms with Crippen LogP contribution in [0.3, 0.4) is 0 Å². The van der Waals surface area contributed by atoms with Crippen molar-refractivity contribution in [1.29, 1.82) is 0 Å². The van der Waals surface area contributed by atoms with Crippen LogP contribution in [0.2, 0.25) is 0 Å². The SMILES string of the molecule is CN=C(NCCCSC)NCc1ccco1.I. The van der Waals surface area contributed by atoms with Gasteiger partial charge in [0.25, 0.3) is 0 Å². The lowest BCUT2D eigenvalue weighted by molar-refractivity contribution is 0.501. The van der Waals surface area contributed by atoms with Crippen LogP contribution in [0.1, 0.15) is 12.2 Å². The highest BCUT2D eigenvalue weighted by atomic mass is 127. The van der Waals surface area contributed by atoms with E-state index >= 15 is 0 Å². The van der Waals surface area contributed by atoms with Gasteiger partial charge in [-0.15, -0.1) is 24.0 Å². The van der Waals surface area contributed by atoms with Gasteiger partial charge >= 0.3 is 0 Å². The van der Waals surface area contributed by atoms with Crippen LogP contribution in [0.4, 0.5) is 0 Å². The third-order valence-corrected chi connectivity index (χ3v) is 2.75. The molecular weight excluding hydrogens is 349 g/mol. The molecule has 1 heterocycles. The lowest BCUT2D eigenvalue weighted by atomic mass is 10.4. The molecule has 0 aliphatic carbocycles. The fraction of sp³-hybridized carbons (Fsp3) is 0.545. The number of nitrogens with zero attached hydrogens (tertiary/aromatic N) is 1. The Morgan fingerprint density at radius 1 is 1.47 bits per heavy atom. The number of furan rings is 1. The van der Waals surface area contributed by atoms with Crippen LogP contribution in [0.5, 0.6) is 0 Å². The lowest BCUT2D eigenvalue weighted by Crippen LogP contribution is -2.37. The number of aliphatic imine (C=N–C) groups is 1. The summed E-state index contributed by atoms with van der Waals surface area (Å²) in [6, 6.07) is 3.82. The summed E-state index contributed by atoms with van der Waals surface area (Å²) < 4.78 is 5.22. The van der Waals surface area contributed by atoms with E-state index in [1.54, 1.807) is 13.3 Å². The van der Waals surface area contributed by atoms with Gasteiger partial charge in [-0.25, -0.2) is 0 Å². The molecule has 0 radical (unpaired) electrons. The van der Waals surface area contributed by atoms with Gasteiger partial charge in [-0.1, -0.05) is 0 Å². The topological polar surface area (TPSA) is 49.6 Å². The number of hydrogen-bond acceptors (Lipinski definition) is 3. The van der Waals surface area contributed by atoms with Crippen molar-refractivity contribution in [1.82, 2.24) is 10.6 Å². The average molecular weight is 369 g/mol. The zero-order valence-electron chi connectivity index (χ0n) is 10.2. The minimum Gasteiger partial charge on any atom is -0.467 e. The van der Waals surface area contributed by atoms with Crippen molar-refractivity contribution in [2.24, 2.45) is 4.99 Å². The largest absolute Gasteiger partial charge is 0.467 e. The molecule has 1 aromatic rings. The van der Waals surface area contributed by atoms with Crippen molar-refractivity contribution in [3.63, 3.8) is 0 Å². The maximum Gasteiger partial charge on any atom is 0.191 e. The summed E-state index contributed by atoms with van der Waals surface area (Å²) in [4.78, 5) is 4.13. The predicted molar refractivity (Wildman–Crippen MR) is 85.3 cm³/mol. The van der Waals surface area contributed by atoms with Crippen LogP contribution in [-0.2, 0) is 6.54 Å². The minimum absolute atomic E-state index is 0. The summed E-state index contributed by atoms with van der Waals surface area (Å²) in [5, 5.41) is 6.44. The Kier molecular flexibility index (Phi) is 10.5. The fourth-order valence-corrected chi connectivity index (χ4v) is 1.66. The van der Waals surface area contributed by atoms with Crippen molar-refractivity contribution in [3.05, 3.63) is 24.2 Å². The highest BCUT2D eigenvalue weighted by Crippen LogP contribution is 1.98. The first-order chi connectivity index (χ1) is 7.86. The van der Waals surface area contributed by atoms with Crippen LogP contribution >= 0.6 is 35.7 Å². The lowest BCUT2D eigenvalue weighted by Gasteiger charge is -2.10. The van der Waals surface area contributed by atoms with E-state index < -0.39 is 0 Å². The average Bonchev–Trinajstić information content (AvgIpc) is 2.81. The summed E-state index contributed by atoms with van der Waals surface area (Å²) in [5.74, 6) is 2.90. The normalized spacial score (nSPS) is 10.8. The molecular formula is C11H20IN3OS. The Balaban J connectivity index is 0.00000256. The predicted octanol–water partition coefficient (Wildman–Crippen LogP) is 2.32. The molecule has 0 spiro atoms. The van der Waals surface area contributed by atoms with Crippen molar-refractivity contribution < 1.29 is 4.42 Å². The molecule has 0 aromatic carbocycles. The molecule has 0 aliphatic heterocycles. The van der Waals surface area contributed by atoms with E-state index in [2.05, 4.69) is 21.9 Å². The van der Waals surface area contributed by atoms with Crippen LogP contribution in [0.25, 0.3) is 0 Å². The zero-order valence-corrected chi connectivity index (χ0v) is 13.4. The quantitative estimate of drug-likeness (QED) is 0.350. The molecule has 0 saturated heterocycles. The van der Waals surface area contributed by atoms with Gasteiger partial charge in [0, 0.05) is 13.6 Å². The van der Waals surface area contributed by atoms with Gasteiger partial charge in [0.2, 0.25) is 0 Å². The van der Waals surface area contributed by atoms with Gasteiger partial charge in [0.15, 0.2) is 5.96 Å². The molecule has 4 nitrogen and oxygen atoms in total. The third kappa shape index (κ3) is 7.54. The first kappa shape index (κ1) is 16.6. The van der Waals surface area contributed by atoms with Crippen LogP contribution in [-0.4, -0.2) is 31.6 Å². The molecule has 0 unspecified atom stereocenters. The third-order valence-electron chi connectivity index (χ3n) is 2.05. The van der Waals surface area contributed by atoms with Crippen molar-refractivity contribution in [2.75, 3.05) is 25.6 Å². The molecule has 0 saturated carbocycles. The van der Waals surface area contributed by atoms with E-state index in [4.69, 9.17) is 4.42 Å². The minimum atomic E-state index is 0. The Labute approximate surface area is 124 Å². The molecule has 1 rings (SSSR count). The molecule has 0 aliphatic rings. The second-order valence-electron chi connectivity index (χ2n) is 3.28. The van der Waals surface area contributed by atoms with E-state index in [9.17, 15) is 0 Å². The Morgan fingerprint density at radius 2 is 2.29 bits per heavy atom. The molecule has 0 bridgehead atoms. The van der Waals surface area contributed by atoms with Crippen LogP contribution < -0.4 is 10.6 Å². The molecule has 1 aromatic heterocycles. The Bertz CT molecular complexity index is 304. The molecule has 98 valence electrons. The van der Waals surface area contributed by atoms with Gasteiger partial charge in [0.1, 0.15) is 5.76 Å². The Morgan fingerprint density at radius 3 is 2.88 bits per heavy atom. The molecule has 17 heavy (non-hydrogen) atoms. The summed E-state index contributed by atoms with van der Waals surface area (Å²) in [5.41, 5.74) is 0. The van der Waals surface area contributed by atoms with E-state index in [1.165, 1.54) is 5.75 Å². The highest BCUT2D eigenvalue weighted by Gasteiger charge is 1.98. The summed E-state index contributed by atoms with van der Waals surface area (Å²) in [6.07, 6.45) is 4.93. The Hall–Kier alpha value is -0.370. The van der Waals surface area contributed by atoms with Gasteiger partial charge in [-0.3, -0.25) is 4.99 Å². The number of halogens is 1. The number of rotatable bonds is 6. The number of thioether (sulfide) groups is 1. The number of nitrogens with one attached hydrogen (secondary N) is 2. The summed E-state index contributed by atoms with van der Waals surface area (Å²) >= 11 is 1.86. The standard InChI is InChI=1S/C11H19N3OS.HI/c1-12-11(13-6-4-8-16-2)14-9-10-5-3-7-15-10;/h3,5,7H,4,6,8-9H2,1-2H3,(H2,12,13,14);1H. The van der Waals surface area contributed by atoms with Crippen molar-refractivity contribution >= 4 is 41.7 Å². The van der Waals surface area contributed by atoms with Crippen molar-refractivity contribution in [3.8, 4) is 0 Å². The van der Waals surface area contributed by atoms with E-state index in [0.29, 0.717) is 6.54 Å². The van der Waals surface area contributed by atoms with Gasteiger partial charge < -0.3 is 15.1 Å². The molecule has 0 amide bonds. The van der Waals surface area contributed by atoms with E-state index in [-0.39, 0.29) is 24.0 Å². The van der Waals surface area contributed by atoms with Crippen molar-refractivity contribution in [2.45, 2.75) is 13.0 Å². The van der Waals surface area contributed by atoms with E-state index in [0.717, 1.165) is 24.7 Å². The molecule has 2 N–H and O–H groups in total. The monoisotopic (exact) mass is 369 g/mol. The van der Waals surface area contributed by atoms with Crippen LogP contribution in [0, 0.1) is 0 Å². The molecule has 0 atom stereocenters. The maximum absolute atomic E-state index is 5.22. The second kappa shape index (κ2) is 10.8. The van der Waals surface area contributed by atoms with Crippen LogP contribution in [0.15, 0.2) is 27.8 Å². The zero-order chi connectivity index (χ0) is 11.6. The van der Waals surface area contributed by atoms with Gasteiger partial charge in [-0.2, -0.15) is 11.8 Å². The first-order valence-electron chi connectivity index (χ1n) is 5.32. The smallest absolute Gasteiger partial charge is 0.191 e. The number of guanidine groups is 1. The fourth-order valence-electron chi connectivity index (χ4n) is 1.23. The first-order valence-corrected chi connectivity index (χ1v) is 6.72. The summed E-state index contributed by atoms with van der Waals surface area (Å²) in [6.45, 7) is 1.61. The number of hydrogen-bond donors (Lipinski definition) is 2. The maximum atomic E-state index is 5.22. The van der Waals surface area contributed by atoms with Gasteiger partial charge in [-0.05, 0) is 30.6 Å². The summed E-state index contributed by atoms with van der Waals surface area (Å²) in [7, 11) is 1.77. The second-order valence-corrected chi connectivity index (χ2v) is 4.26. The highest BCUT2D eigenvalue weighted by molar-refractivity contribution is 14.0.